The number of aryl methyl sites for hydroxylation is 2. The number of aliphatic imine (C=N–C) groups is 1. The number of amides is 2. The molecule has 2 fully saturated rings. The summed E-state index contributed by atoms with van der Waals surface area (Å²) in [6.07, 6.45) is -7.71. The molecule has 2 N–H and O–H groups in total. The summed E-state index contributed by atoms with van der Waals surface area (Å²) in [6, 6.07) is 5.69. The van der Waals surface area contributed by atoms with E-state index in [2.05, 4.69) is 15.0 Å². The normalized spacial score (nSPS) is 19.9. The van der Waals surface area contributed by atoms with Crippen molar-refractivity contribution in [3.05, 3.63) is 69.1 Å². The van der Waals surface area contributed by atoms with Crippen molar-refractivity contribution < 1.29 is 54.2 Å². The number of alkyl halides is 6. The van der Waals surface area contributed by atoms with Crippen molar-refractivity contribution in [1.29, 1.82) is 0 Å². The standard InChI is InChI=1S/C33H36F6N4O6S/c1-20-16-23(28(44)42-11-7-30(3,46)8-12-42)17-21(2)24(20)6-15-50(47,48)43-13-9-31(10-14-43)29(45)40-27(41-31)22-4-5-26(49-19-32(34,35)36)25(18-22)33(37,38)39/h4-6,15-18,46H,7-14,19H2,1-3H3,(H,40,41,45). The van der Waals surface area contributed by atoms with Gasteiger partial charge in [-0.25, -0.2) is 8.42 Å². The Labute approximate surface area is 284 Å². The zero-order valence-corrected chi connectivity index (χ0v) is 28.2. The Morgan fingerprint density at radius 1 is 1.00 bits per heavy atom. The van der Waals surface area contributed by atoms with E-state index in [0.29, 0.717) is 54.3 Å². The molecule has 3 heterocycles. The van der Waals surface area contributed by atoms with Gasteiger partial charge in [-0.15, -0.1) is 0 Å². The molecule has 17 heteroatoms. The topological polar surface area (TPSA) is 129 Å². The van der Waals surface area contributed by atoms with Crippen molar-refractivity contribution in [2.24, 2.45) is 4.99 Å². The summed E-state index contributed by atoms with van der Waals surface area (Å²) in [4.78, 5) is 32.2. The monoisotopic (exact) mass is 730 g/mol. The Hall–Kier alpha value is -3.96. The van der Waals surface area contributed by atoms with Crippen LogP contribution in [0.15, 0.2) is 40.7 Å². The zero-order chi connectivity index (χ0) is 36.9. The van der Waals surface area contributed by atoms with Crippen LogP contribution in [0.3, 0.4) is 0 Å². The number of aliphatic hydroxyl groups is 1. The zero-order valence-electron chi connectivity index (χ0n) is 27.4. The van der Waals surface area contributed by atoms with E-state index in [9.17, 15) is 49.5 Å². The van der Waals surface area contributed by atoms with Crippen LogP contribution in [0.25, 0.3) is 6.08 Å². The average molecular weight is 731 g/mol. The lowest BCUT2D eigenvalue weighted by Crippen LogP contribution is -2.50. The van der Waals surface area contributed by atoms with Crippen LogP contribution in [0.1, 0.15) is 70.8 Å². The van der Waals surface area contributed by atoms with Crippen molar-refractivity contribution in [2.75, 3.05) is 32.8 Å². The van der Waals surface area contributed by atoms with Crippen LogP contribution in [0.5, 0.6) is 5.75 Å². The number of benzene rings is 2. The highest BCUT2D eigenvalue weighted by molar-refractivity contribution is 7.92. The molecule has 0 aliphatic carbocycles. The van der Waals surface area contributed by atoms with Gasteiger partial charge in [0.15, 0.2) is 6.61 Å². The van der Waals surface area contributed by atoms with Crippen LogP contribution < -0.4 is 10.1 Å². The number of likely N-dealkylation sites (tertiary alicyclic amines) is 1. The Balaban J connectivity index is 1.27. The minimum absolute atomic E-state index is 0.0743. The Morgan fingerprint density at radius 2 is 1.60 bits per heavy atom. The van der Waals surface area contributed by atoms with Crippen LogP contribution in [-0.4, -0.2) is 90.5 Å². The number of hydrogen-bond acceptors (Lipinski definition) is 7. The molecular formula is C33H36F6N4O6S. The number of carbonyl (C=O) groups excluding carboxylic acids is 2. The van der Waals surface area contributed by atoms with Gasteiger partial charge in [-0.2, -0.15) is 30.6 Å². The van der Waals surface area contributed by atoms with Gasteiger partial charge < -0.3 is 20.1 Å². The van der Waals surface area contributed by atoms with Gasteiger partial charge in [-0.3, -0.25) is 14.6 Å². The minimum atomic E-state index is -5.07. The lowest BCUT2D eigenvalue weighted by molar-refractivity contribution is -0.158. The third kappa shape index (κ3) is 8.15. The number of rotatable bonds is 7. The molecular weight excluding hydrogens is 694 g/mol. The van der Waals surface area contributed by atoms with E-state index in [4.69, 9.17) is 0 Å². The van der Waals surface area contributed by atoms with Gasteiger partial charge in [0.25, 0.3) is 11.8 Å². The molecule has 3 aliphatic rings. The summed E-state index contributed by atoms with van der Waals surface area (Å²) in [5.41, 5.74) is -1.52. The van der Waals surface area contributed by atoms with Gasteiger partial charge in [-0.1, -0.05) is 0 Å². The number of piperidine rings is 2. The molecule has 0 aromatic heterocycles. The Bertz CT molecular complexity index is 1810. The van der Waals surface area contributed by atoms with Gasteiger partial charge in [0, 0.05) is 42.7 Å². The maximum atomic E-state index is 13.7. The van der Waals surface area contributed by atoms with E-state index in [1.165, 1.54) is 6.08 Å². The molecule has 2 aromatic rings. The number of hydrogen-bond donors (Lipinski definition) is 2. The van der Waals surface area contributed by atoms with Gasteiger partial charge in [0.1, 0.15) is 17.1 Å². The van der Waals surface area contributed by atoms with Gasteiger partial charge in [0.05, 0.1) is 11.2 Å². The molecule has 0 bridgehead atoms. The second-order valence-electron chi connectivity index (χ2n) is 13.1. The highest BCUT2D eigenvalue weighted by Crippen LogP contribution is 2.39. The molecule has 0 atom stereocenters. The Morgan fingerprint density at radius 3 is 2.16 bits per heavy atom. The SMILES string of the molecule is Cc1cc(C(=O)N2CCC(C)(O)CC2)cc(C)c1C=CS(=O)(=O)N1CCC2(CC1)N=C(c1ccc(OCC(F)(F)F)c(C(F)(F)F)c1)NC2=O. The maximum absolute atomic E-state index is 13.7. The summed E-state index contributed by atoms with van der Waals surface area (Å²) in [6.45, 7) is 3.93. The third-order valence-electron chi connectivity index (χ3n) is 9.21. The first-order valence-corrected chi connectivity index (χ1v) is 17.2. The maximum Gasteiger partial charge on any atom is 0.422 e. The van der Waals surface area contributed by atoms with E-state index in [1.54, 1.807) is 37.8 Å². The fourth-order valence-corrected chi connectivity index (χ4v) is 7.43. The van der Waals surface area contributed by atoms with Crippen molar-refractivity contribution in [3.63, 3.8) is 0 Å². The quantitative estimate of drug-likeness (QED) is 0.388. The van der Waals surface area contributed by atoms with Crippen LogP contribution >= 0.6 is 0 Å². The van der Waals surface area contributed by atoms with Crippen molar-refractivity contribution in [1.82, 2.24) is 14.5 Å². The molecule has 0 radical (unpaired) electrons. The number of nitrogens with zero attached hydrogens (tertiary/aromatic N) is 3. The molecule has 10 nitrogen and oxygen atoms in total. The highest BCUT2D eigenvalue weighted by atomic mass is 32.2. The lowest BCUT2D eigenvalue weighted by atomic mass is 9.89. The van der Waals surface area contributed by atoms with E-state index < -0.39 is 57.3 Å². The summed E-state index contributed by atoms with van der Waals surface area (Å²) in [7, 11) is -3.99. The number of nitrogens with one attached hydrogen (secondary N) is 1. The second-order valence-corrected chi connectivity index (χ2v) is 14.9. The summed E-state index contributed by atoms with van der Waals surface area (Å²) >= 11 is 0. The number of ether oxygens (including phenoxy) is 1. The van der Waals surface area contributed by atoms with E-state index in [-0.39, 0.29) is 43.2 Å². The number of amidine groups is 1. The Kier molecular flexibility index (Phi) is 9.92. The van der Waals surface area contributed by atoms with E-state index >= 15 is 0 Å². The molecule has 0 unspecified atom stereocenters. The largest absolute Gasteiger partial charge is 0.483 e. The first-order chi connectivity index (χ1) is 23.1. The molecule has 5 rings (SSSR count). The smallest absolute Gasteiger partial charge is 0.422 e. The van der Waals surface area contributed by atoms with Crippen LogP contribution in [-0.2, 0) is 21.0 Å². The highest BCUT2D eigenvalue weighted by Gasteiger charge is 2.48. The van der Waals surface area contributed by atoms with Crippen molar-refractivity contribution in [2.45, 2.75) is 69.9 Å². The summed E-state index contributed by atoms with van der Waals surface area (Å²) in [5, 5.41) is 13.7. The predicted octanol–water partition coefficient (Wildman–Crippen LogP) is 4.96. The van der Waals surface area contributed by atoms with Crippen molar-refractivity contribution >= 4 is 33.7 Å². The average Bonchev–Trinajstić information content (AvgIpc) is 3.33. The summed E-state index contributed by atoms with van der Waals surface area (Å²) < 4.78 is 111. The molecule has 1 spiro atoms. The molecule has 2 saturated heterocycles. The molecule has 0 saturated carbocycles. The third-order valence-corrected chi connectivity index (χ3v) is 10.8. The van der Waals surface area contributed by atoms with Crippen LogP contribution in [0, 0.1) is 13.8 Å². The molecule has 3 aliphatic heterocycles. The first kappa shape index (κ1) is 37.3. The van der Waals surface area contributed by atoms with Gasteiger partial charge >= 0.3 is 12.4 Å². The number of halogens is 6. The minimum Gasteiger partial charge on any atom is -0.483 e. The molecule has 2 amide bonds. The van der Waals surface area contributed by atoms with Crippen molar-refractivity contribution in [3.8, 4) is 5.75 Å². The number of sulfonamides is 1. The number of carbonyl (C=O) groups is 2. The van der Waals surface area contributed by atoms with E-state index in [1.807, 2.05) is 0 Å². The molecule has 272 valence electrons. The lowest BCUT2D eigenvalue weighted by Gasteiger charge is -2.36. The first-order valence-electron chi connectivity index (χ1n) is 15.7. The fraction of sp³-hybridized carbons (Fsp3) is 0.485. The summed E-state index contributed by atoms with van der Waals surface area (Å²) in [5.74, 6) is -2.07. The van der Waals surface area contributed by atoms with Crippen LogP contribution in [0.4, 0.5) is 26.3 Å². The van der Waals surface area contributed by atoms with E-state index in [0.717, 1.165) is 21.8 Å². The predicted molar refractivity (Wildman–Crippen MR) is 171 cm³/mol. The fourth-order valence-electron chi connectivity index (χ4n) is 6.26. The van der Waals surface area contributed by atoms with Gasteiger partial charge in [0.2, 0.25) is 10.0 Å². The second kappa shape index (κ2) is 13.3. The molecule has 50 heavy (non-hydrogen) atoms. The molecule has 2 aromatic carbocycles. The van der Waals surface area contributed by atoms with Crippen LogP contribution in [0.2, 0.25) is 0 Å². The van der Waals surface area contributed by atoms with Gasteiger partial charge in [-0.05, 0) is 99.6 Å².